The maximum Gasteiger partial charge on any atom is 0.137 e. The maximum absolute atomic E-state index is 5.20. The van der Waals surface area contributed by atoms with Gasteiger partial charge in [-0.3, -0.25) is 0 Å². The van der Waals surface area contributed by atoms with E-state index in [2.05, 4.69) is 34.0 Å². The van der Waals surface area contributed by atoms with Crippen molar-refractivity contribution < 1.29 is 9.47 Å². The second-order valence-corrected chi connectivity index (χ2v) is 4.92. The van der Waals surface area contributed by atoms with Gasteiger partial charge in [-0.05, 0) is 19.8 Å². The van der Waals surface area contributed by atoms with Gasteiger partial charge in [-0.15, -0.1) is 0 Å². The van der Waals surface area contributed by atoms with Crippen LogP contribution in [0, 0.1) is 6.92 Å². The highest BCUT2D eigenvalue weighted by atomic mass is 16.5. The summed E-state index contributed by atoms with van der Waals surface area (Å²) in [6.07, 6.45) is 3.65. The molecule has 0 aliphatic rings. The molecule has 0 aliphatic carbocycles. The Morgan fingerprint density at radius 3 is 2.57 bits per heavy atom. The number of ether oxygens (including phenoxy) is 2. The van der Waals surface area contributed by atoms with Crippen molar-refractivity contribution in [3.05, 3.63) is 11.9 Å². The smallest absolute Gasteiger partial charge is 0.137 e. The molecule has 21 heavy (non-hydrogen) atoms. The van der Waals surface area contributed by atoms with E-state index in [0.717, 1.165) is 56.3 Å². The molecule has 0 saturated carbocycles. The van der Waals surface area contributed by atoms with Crippen LogP contribution < -0.4 is 10.2 Å². The summed E-state index contributed by atoms with van der Waals surface area (Å²) in [6, 6.07) is 0. The SMILES string of the molecule is CCCNc1ncnc(N(CCCOC)CCOC)c1C. The van der Waals surface area contributed by atoms with Crippen LogP contribution in [0.5, 0.6) is 0 Å². The Labute approximate surface area is 127 Å². The summed E-state index contributed by atoms with van der Waals surface area (Å²) in [4.78, 5) is 11.0. The fourth-order valence-electron chi connectivity index (χ4n) is 2.11. The second kappa shape index (κ2) is 10.3. The molecule has 0 aliphatic heterocycles. The van der Waals surface area contributed by atoms with Crippen LogP contribution in [0.1, 0.15) is 25.3 Å². The lowest BCUT2D eigenvalue weighted by atomic mass is 10.2. The highest BCUT2D eigenvalue weighted by Crippen LogP contribution is 2.22. The predicted molar refractivity (Wildman–Crippen MR) is 86.1 cm³/mol. The van der Waals surface area contributed by atoms with E-state index in [1.54, 1.807) is 20.5 Å². The summed E-state index contributed by atoms with van der Waals surface area (Å²) >= 11 is 0. The number of hydrogen-bond donors (Lipinski definition) is 1. The van der Waals surface area contributed by atoms with E-state index >= 15 is 0 Å². The Morgan fingerprint density at radius 2 is 1.90 bits per heavy atom. The van der Waals surface area contributed by atoms with E-state index in [1.165, 1.54) is 0 Å². The Morgan fingerprint density at radius 1 is 1.14 bits per heavy atom. The van der Waals surface area contributed by atoms with Crippen molar-refractivity contribution in [3.8, 4) is 0 Å². The normalized spacial score (nSPS) is 10.7. The summed E-state index contributed by atoms with van der Waals surface area (Å²) < 4.78 is 10.3. The van der Waals surface area contributed by atoms with Gasteiger partial charge in [0.1, 0.15) is 18.0 Å². The number of nitrogens with zero attached hydrogens (tertiary/aromatic N) is 3. The van der Waals surface area contributed by atoms with Crippen LogP contribution >= 0.6 is 0 Å². The molecule has 1 aromatic rings. The van der Waals surface area contributed by atoms with E-state index in [4.69, 9.17) is 9.47 Å². The van der Waals surface area contributed by atoms with E-state index in [-0.39, 0.29) is 0 Å². The van der Waals surface area contributed by atoms with Gasteiger partial charge in [0.05, 0.1) is 6.61 Å². The second-order valence-electron chi connectivity index (χ2n) is 4.92. The van der Waals surface area contributed by atoms with E-state index in [1.807, 2.05) is 0 Å². The molecule has 0 bridgehead atoms. The Bertz CT molecular complexity index is 401. The fourth-order valence-corrected chi connectivity index (χ4v) is 2.11. The molecule has 0 spiro atoms. The average Bonchev–Trinajstić information content (AvgIpc) is 2.50. The van der Waals surface area contributed by atoms with Gasteiger partial charge in [-0.25, -0.2) is 9.97 Å². The van der Waals surface area contributed by atoms with Crippen molar-refractivity contribution in [2.24, 2.45) is 0 Å². The van der Waals surface area contributed by atoms with Crippen LogP contribution in [0.2, 0.25) is 0 Å². The van der Waals surface area contributed by atoms with Gasteiger partial charge >= 0.3 is 0 Å². The average molecular weight is 296 g/mol. The molecule has 1 rings (SSSR count). The highest BCUT2D eigenvalue weighted by molar-refractivity contribution is 5.57. The first kappa shape index (κ1) is 17.7. The van der Waals surface area contributed by atoms with Gasteiger partial charge in [-0.1, -0.05) is 6.92 Å². The van der Waals surface area contributed by atoms with Crippen LogP contribution in [-0.2, 0) is 9.47 Å². The lowest BCUT2D eigenvalue weighted by molar-refractivity contribution is 0.191. The summed E-state index contributed by atoms with van der Waals surface area (Å²) in [5, 5.41) is 3.35. The molecule has 0 amide bonds. The Hall–Kier alpha value is -1.40. The van der Waals surface area contributed by atoms with Crippen molar-refractivity contribution in [2.75, 3.05) is 57.3 Å². The van der Waals surface area contributed by atoms with Crippen molar-refractivity contribution >= 4 is 11.6 Å². The molecule has 1 aromatic heterocycles. The summed E-state index contributed by atoms with van der Waals surface area (Å²) in [7, 11) is 3.44. The number of aromatic nitrogens is 2. The minimum atomic E-state index is 0.675. The van der Waals surface area contributed by atoms with Crippen molar-refractivity contribution in [1.29, 1.82) is 0 Å². The first-order valence-corrected chi connectivity index (χ1v) is 7.52. The van der Waals surface area contributed by atoms with E-state index in [9.17, 15) is 0 Å². The first-order valence-electron chi connectivity index (χ1n) is 7.52. The van der Waals surface area contributed by atoms with Crippen molar-refractivity contribution in [1.82, 2.24) is 9.97 Å². The third-order valence-electron chi connectivity index (χ3n) is 3.24. The standard InChI is InChI=1S/C15H28N4O2/c1-5-7-16-14-13(2)15(18-12-17-14)19(9-11-21-4)8-6-10-20-3/h12H,5-11H2,1-4H3,(H,16,17,18). The van der Waals surface area contributed by atoms with Crippen LogP contribution in [0.3, 0.4) is 0 Å². The molecular formula is C15H28N4O2. The minimum absolute atomic E-state index is 0.675. The molecular weight excluding hydrogens is 268 g/mol. The molecule has 0 fully saturated rings. The predicted octanol–water partition coefficient (Wildman–Crippen LogP) is 2.10. The Kier molecular flexibility index (Phi) is 8.69. The fraction of sp³-hybridized carbons (Fsp3) is 0.733. The summed E-state index contributed by atoms with van der Waals surface area (Å²) in [5.74, 6) is 1.88. The molecule has 120 valence electrons. The molecule has 0 atom stereocenters. The number of anilines is 2. The van der Waals surface area contributed by atoms with Crippen molar-refractivity contribution in [3.63, 3.8) is 0 Å². The quantitative estimate of drug-likeness (QED) is 0.631. The van der Waals surface area contributed by atoms with Gasteiger partial charge in [0.25, 0.3) is 0 Å². The van der Waals surface area contributed by atoms with E-state index in [0.29, 0.717) is 6.61 Å². The largest absolute Gasteiger partial charge is 0.385 e. The summed E-state index contributed by atoms with van der Waals surface area (Å²) in [5.41, 5.74) is 1.08. The molecule has 0 aromatic carbocycles. The summed E-state index contributed by atoms with van der Waals surface area (Å²) in [6.45, 7) is 8.23. The van der Waals surface area contributed by atoms with Crippen LogP contribution in [-0.4, -0.2) is 57.0 Å². The van der Waals surface area contributed by atoms with Gasteiger partial charge in [0.2, 0.25) is 0 Å². The molecule has 1 heterocycles. The van der Waals surface area contributed by atoms with Crippen LogP contribution in [0.4, 0.5) is 11.6 Å². The third kappa shape index (κ3) is 5.85. The Balaban J connectivity index is 2.83. The minimum Gasteiger partial charge on any atom is -0.385 e. The van der Waals surface area contributed by atoms with Gasteiger partial charge < -0.3 is 19.7 Å². The number of hydrogen-bond acceptors (Lipinski definition) is 6. The maximum atomic E-state index is 5.20. The molecule has 1 N–H and O–H groups in total. The molecule has 6 nitrogen and oxygen atoms in total. The molecule has 0 radical (unpaired) electrons. The third-order valence-corrected chi connectivity index (χ3v) is 3.24. The lowest BCUT2D eigenvalue weighted by Gasteiger charge is -2.25. The zero-order valence-electron chi connectivity index (χ0n) is 13.7. The van der Waals surface area contributed by atoms with Crippen LogP contribution in [0.25, 0.3) is 0 Å². The van der Waals surface area contributed by atoms with Gasteiger partial charge in [0, 0.05) is 46.0 Å². The van der Waals surface area contributed by atoms with Crippen LogP contribution in [0.15, 0.2) is 6.33 Å². The number of nitrogens with one attached hydrogen (secondary N) is 1. The molecule has 0 unspecified atom stereocenters. The molecule has 6 heteroatoms. The van der Waals surface area contributed by atoms with Gasteiger partial charge in [-0.2, -0.15) is 0 Å². The lowest BCUT2D eigenvalue weighted by Crippen LogP contribution is -2.30. The zero-order chi connectivity index (χ0) is 15.5. The van der Waals surface area contributed by atoms with E-state index < -0.39 is 0 Å². The zero-order valence-corrected chi connectivity index (χ0v) is 13.7. The van der Waals surface area contributed by atoms with Crippen molar-refractivity contribution in [2.45, 2.75) is 26.7 Å². The monoisotopic (exact) mass is 296 g/mol. The highest BCUT2D eigenvalue weighted by Gasteiger charge is 2.13. The topological polar surface area (TPSA) is 59.5 Å². The number of methoxy groups -OCH3 is 2. The van der Waals surface area contributed by atoms with Gasteiger partial charge in [0.15, 0.2) is 0 Å². The molecule has 0 saturated heterocycles. The number of rotatable bonds is 11. The first-order chi connectivity index (χ1) is 10.2.